The van der Waals surface area contributed by atoms with Crippen molar-refractivity contribution in [2.75, 3.05) is 0 Å². The zero-order valence-corrected chi connectivity index (χ0v) is 13.2. The van der Waals surface area contributed by atoms with Crippen LogP contribution in [0.25, 0.3) is 0 Å². The lowest BCUT2D eigenvalue weighted by atomic mass is 10.0. The zero-order valence-electron chi connectivity index (χ0n) is 9.21. The fraction of sp³-hybridized carbons (Fsp3) is 0.167. The van der Waals surface area contributed by atoms with E-state index in [1.165, 1.54) is 16.0 Å². The first-order valence-electron chi connectivity index (χ1n) is 5.08. The van der Waals surface area contributed by atoms with Crippen molar-refractivity contribution in [2.45, 2.75) is 13.0 Å². The topological polar surface area (TPSA) is 38.0 Å². The van der Waals surface area contributed by atoms with Crippen LogP contribution in [0.3, 0.4) is 0 Å². The van der Waals surface area contributed by atoms with Gasteiger partial charge in [-0.2, -0.15) is 0 Å². The molecule has 0 saturated heterocycles. The maximum Gasteiger partial charge on any atom is 0.0816 e. The van der Waals surface area contributed by atoms with E-state index in [1.807, 2.05) is 12.1 Å². The van der Waals surface area contributed by atoms with E-state index >= 15 is 0 Å². The number of hydrazine groups is 1. The number of aryl methyl sites for hydroxylation is 1. The highest BCUT2D eigenvalue weighted by molar-refractivity contribution is 9.10. The van der Waals surface area contributed by atoms with Gasteiger partial charge in [0.2, 0.25) is 0 Å². The van der Waals surface area contributed by atoms with E-state index in [1.54, 1.807) is 11.3 Å². The first-order valence-corrected chi connectivity index (χ1v) is 7.55. The summed E-state index contributed by atoms with van der Waals surface area (Å²) in [4.78, 5) is 1.19. The Bertz CT molecular complexity index is 525. The van der Waals surface area contributed by atoms with Crippen LogP contribution in [0.2, 0.25) is 0 Å². The molecule has 1 aromatic carbocycles. The first kappa shape index (κ1) is 13.2. The molecule has 0 saturated carbocycles. The van der Waals surface area contributed by atoms with Crippen molar-refractivity contribution in [3.05, 3.63) is 54.6 Å². The fourth-order valence-electron chi connectivity index (χ4n) is 1.74. The Morgan fingerprint density at radius 1 is 1.29 bits per heavy atom. The maximum atomic E-state index is 5.70. The second-order valence-electron chi connectivity index (χ2n) is 3.73. The van der Waals surface area contributed by atoms with Gasteiger partial charge in [0.05, 0.1) is 6.04 Å². The van der Waals surface area contributed by atoms with Gasteiger partial charge in [-0.25, -0.2) is 5.43 Å². The highest BCUT2D eigenvalue weighted by Crippen LogP contribution is 2.34. The molecule has 90 valence electrons. The van der Waals surface area contributed by atoms with E-state index in [0.717, 1.165) is 8.95 Å². The molecule has 2 rings (SSSR count). The van der Waals surface area contributed by atoms with Crippen LogP contribution in [0, 0.1) is 6.92 Å². The standard InChI is InChI=1S/C12H12Br2N2S/c1-7-2-3-8(13)6-9(7)11(16-15)12-10(14)4-5-17-12/h2-6,11,16H,15H2,1H3. The summed E-state index contributed by atoms with van der Waals surface area (Å²) >= 11 is 8.74. The molecule has 0 aliphatic heterocycles. The first-order chi connectivity index (χ1) is 8.13. The lowest BCUT2D eigenvalue weighted by molar-refractivity contribution is 0.641. The number of thiophene rings is 1. The van der Waals surface area contributed by atoms with E-state index in [9.17, 15) is 0 Å². The van der Waals surface area contributed by atoms with Gasteiger partial charge in [-0.3, -0.25) is 5.84 Å². The molecule has 0 amide bonds. The number of nitrogens with one attached hydrogen (secondary N) is 1. The third-order valence-corrected chi connectivity index (χ3v) is 5.05. The summed E-state index contributed by atoms with van der Waals surface area (Å²) in [5, 5.41) is 2.05. The SMILES string of the molecule is Cc1ccc(Br)cc1C(NN)c1sccc1Br. The predicted octanol–water partition coefficient (Wildman–Crippen LogP) is 4.13. The van der Waals surface area contributed by atoms with Crippen molar-refractivity contribution in [3.63, 3.8) is 0 Å². The maximum absolute atomic E-state index is 5.70. The minimum absolute atomic E-state index is 0.0156. The van der Waals surface area contributed by atoms with Crippen molar-refractivity contribution < 1.29 is 0 Å². The molecular formula is C12H12Br2N2S. The predicted molar refractivity (Wildman–Crippen MR) is 80.1 cm³/mol. The molecule has 3 N–H and O–H groups in total. The van der Waals surface area contributed by atoms with E-state index in [0.29, 0.717) is 0 Å². The van der Waals surface area contributed by atoms with E-state index < -0.39 is 0 Å². The average molecular weight is 376 g/mol. The highest BCUT2D eigenvalue weighted by atomic mass is 79.9. The van der Waals surface area contributed by atoms with Crippen molar-refractivity contribution >= 4 is 43.2 Å². The van der Waals surface area contributed by atoms with Gasteiger partial charge in [0, 0.05) is 13.8 Å². The van der Waals surface area contributed by atoms with Crippen molar-refractivity contribution in [3.8, 4) is 0 Å². The van der Waals surface area contributed by atoms with Crippen LogP contribution in [-0.2, 0) is 0 Å². The Morgan fingerprint density at radius 3 is 2.65 bits per heavy atom. The molecule has 0 aliphatic rings. The van der Waals surface area contributed by atoms with Crippen LogP contribution < -0.4 is 11.3 Å². The largest absolute Gasteiger partial charge is 0.271 e. The fourth-order valence-corrected chi connectivity index (χ4v) is 3.80. The average Bonchev–Trinajstić information content (AvgIpc) is 2.71. The van der Waals surface area contributed by atoms with Gasteiger partial charge < -0.3 is 0 Å². The van der Waals surface area contributed by atoms with Gasteiger partial charge in [0.25, 0.3) is 0 Å². The number of hydrogen-bond donors (Lipinski definition) is 2. The summed E-state index contributed by atoms with van der Waals surface area (Å²) in [6, 6.07) is 8.28. The molecule has 1 heterocycles. The van der Waals surface area contributed by atoms with Crippen molar-refractivity contribution in [1.29, 1.82) is 0 Å². The van der Waals surface area contributed by atoms with Gasteiger partial charge in [-0.05, 0) is 57.6 Å². The Labute approximate surface area is 121 Å². The Hall–Kier alpha value is -0.200. The summed E-state index contributed by atoms with van der Waals surface area (Å²) in [5.41, 5.74) is 5.29. The molecule has 0 aliphatic carbocycles. The van der Waals surface area contributed by atoms with Gasteiger partial charge >= 0.3 is 0 Å². The molecule has 1 unspecified atom stereocenters. The third-order valence-electron chi connectivity index (χ3n) is 2.63. The number of nitrogens with two attached hydrogens (primary N) is 1. The van der Waals surface area contributed by atoms with Crippen LogP contribution >= 0.6 is 43.2 Å². The van der Waals surface area contributed by atoms with Crippen LogP contribution in [0.1, 0.15) is 22.0 Å². The minimum atomic E-state index is 0.0156. The number of benzene rings is 1. The third kappa shape index (κ3) is 2.80. The number of halogens is 2. The highest BCUT2D eigenvalue weighted by Gasteiger charge is 2.18. The molecule has 1 atom stereocenters. The van der Waals surface area contributed by atoms with Gasteiger partial charge in [0.15, 0.2) is 0 Å². The molecule has 0 radical (unpaired) electrons. The monoisotopic (exact) mass is 374 g/mol. The summed E-state index contributed by atoms with van der Waals surface area (Å²) in [6.45, 7) is 2.09. The molecule has 1 aromatic heterocycles. The molecule has 0 bridgehead atoms. The molecule has 2 nitrogen and oxygen atoms in total. The molecule has 5 heteroatoms. The quantitative estimate of drug-likeness (QED) is 0.625. The van der Waals surface area contributed by atoms with Crippen molar-refractivity contribution in [2.24, 2.45) is 5.84 Å². The Balaban J connectivity index is 2.49. The van der Waals surface area contributed by atoms with Gasteiger partial charge in [-0.15, -0.1) is 11.3 Å². The Morgan fingerprint density at radius 2 is 2.06 bits per heavy atom. The summed E-state index contributed by atoms with van der Waals surface area (Å²) in [6.07, 6.45) is 0. The normalized spacial score (nSPS) is 12.7. The van der Waals surface area contributed by atoms with Gasteiger partial charge in [0.1, 0.15) is 0 Å². The minimum Gasteiger partial charge on any atom is -0.271 e. The van der Waals surface area contributed by atoms with E-state index in [-0.39, 0.29) is 6.04 Å². The van der Waals surface area contributed by atoms with Crippen LogP contribution in [-0.4, -0.2) is 0 Å². The van der Waals surface area contributed by atoms with Crippen LogP contribution in [0.15, 0.2) is 38.6 Å². The van der Waals surface area contributed by atoms with E-state index in [4.69, 9.17) is 5.84 Å². The number of rotatable bonds is 3. The van der Waals surface area contributed by atoms with Crippen LogP contribution in [0.4, 0.5) is 0 Å². The molecular weight excluding hydrogens is 364 g/mol. The number of hydrogen-bond acceptors (Lipinski definition) is 3. The van der Waals surface area contributed by atoms with E-state index in [2.05, 4.69) is 61.7 Å². The summed E-state index contributed by atoms with van der Waals surface area (Å²) < 4.78 is 2.15. The molecule has 17 heavy (non-hydrogen) atoms. The molecule has 0 spiro atoms. The Kier molecular flexibility index (Phi) is 4.38. The van der Waals surface area contributed by atoms with Gasteiger partial charge in [-0.1, -0.05) is 22.0 Å². The molecule has 0 fully saturated rings. The molecule has 2 aromatic rings. The lowest BCUT2D eigenvalue weighted by Gasteiger charge is -2.18. The smallest absolute Gasteiger partial charge is 0.0816 e. The zero-order chi connectivity index (χ0) is 12.4. The summed E-state index contributed by atoms with van der Waals surface area (Å²) in [5.74, 6) is 5.70. The van der Waals surface area contributed by atoms with Crippen molar-refractivity contribution in [1.82, 2.24) is 5.43 Å². The summed E-state index contributed by atoms with van der Waals surface area (Å²) in [7, 11) is 0. The van der Waals surface area contributed by atoms with Crippen LogP contribution in [0.5, 0.6) is 0 Å². The second-order valence-corrected chi connectivity index (χ2v) is 6.45. The second kappa shape index (κ2) is 5.63. The lowest BCUT2D eigenvalue weighted by Crippen LogP contribution is -2.29.